The minimum absolute atomic E-state index is 0.281. The summed E-state index contributed by atoms with van der Waals surface area (Å²) in [5.74, 6) is -0.563. The van der Waals surface area contributed by atoms with E-state index in [4.69, 9.17) is 5.26 Å². The molecule has 0 radical (unpaired) electrons. The molecule has 15 heavy (non-hydrogen) atoms. The van der Waals surface area contributed by atoms with E-state index in [1.807, 2.05) is 6.07 Å². The lowest BCUT2D eigenvalue weighted by Gasteiger charge is -2.12. The molecule has 0 aliphatic carbocycles. The molecule has 1 aromatic carbocycles. The van der Waals surface area contributed by atoms with Crippen LogP contribution in [0.15, 0.2) is 42.5 Å². The van der Waals surface area contributed by atoms with Crippen LogP contribution in [0.2, 0.25) is 0 Å². The largest absolute Gasteiger partial charge is 0.269 e. The van der Waals surface area contributed by atoms with Crippen LogP contribution in [-0.4, -0.2) is 11.8 Å². The Balaban J connectivity index is 0.000000531. The number of hydrogen-bond acceptors (Lipinski definition) is 3. The van der Waals surface area contributed by atoms with E-state index in [-0.39, 0.29) is 11.8 Å². The van der Waals surface area contributed by atoms with Gasteiger partial charge in [-0.2, -0.15) is 0 Å². The molecule has 1 aliphatic rings. The van der Waals surface area contributed by atoms with E-state index in [9.17, 15) is 9.59 Å². The van der Waals surface area contributed by atoms with Crippen LogP contribution < -0.4 is 4.90 Å². The molecule has 0 N–H and O–H groups in total. The van der Waals surface area contributed by atoms with Gasteiger partial charge in [0.1, 0.15) is 0 Å². The third kappa shape index (κ3) is 2.09. The summed E-state index contributed by atoms with van der Waals surface area (Å²) in [6, 6.07) is 8.86. The number of carbonyl (C=O) groups is 2. The van der Waals surface area contributed by atoms with Crippen LogP contribution in [0, 0.1) is 11.8 Å². The van der Waals surface area contributed by atoms with E-state index in [1.54, 1.807) is 24.3 Å². The molecule has 0 saturated heterocycles. The molecular formula is C11H8N2O2. The smallest absolute Gasteiger partial charge is 0.258 e. The van der Waals surface area contributed by atoms with E-state index < -0.39 is 0 Å². The second-order valence-corrected chi connectivity index (χ2v) is 2.68. The molecule has 0 saturated carbocycles. The van der Waals surface area contributed by atoms with Crippen LogP contribution in [0.4, 0.5) is 5.69 Å². The lowest BCUT2D eigenvalue weighted by atomic mass is 10.3. The van der Waals surface area contributed by atoms with Crippen molar-refractivity contribution in [1.29, 1.82) is 5.26 Å². The van der Waals surface area contributed by atoms with Crippen LogP contribution >= 0.6 is 0 Å². The van der Waals surface area contributed by atoms with Crippen molar-refractivity contribution in [3.8, 4) is 6.57 Å². The van der Waals surface area contributed by atoms with Crippen LogP contribution in [0.25, 0.3) is 0 Å². The van der Waals surface area contributed by atoms with Gasteiger partial charge in [-0.25, -0.2) is 10.2 Å². The number of nitrogens with zero attached hydrogens (tertiary/aromatic N) is 2. The first-order chi connectivity index (χ1) is 7.29. The summed E-state index contributed by atoms with van der Waals surface area (Å²) in [6.07, 6.45) is 2.55. The zero-order chi connectivity index (χ0) is 11.3. The molecule has 2 amide bonds. The number of nitriles is 1. The highest BCUT2D eigenvalue weighted by Gasteiger charge is 2.24. The SMILES string of the molecule is C#N.O=C1C=CC(=O)N1c1ccccc1. The number of anilines is 1. The first-order valence-electron chi connectivity index (χ1n) is 4.16. The van der Waals surface area contributed by atoms with Gasteiger partial charge < -0.3 is 0 Å². The maximum absolute atomic E-state index is 11.2. The minimum atomic E-state index is -0.281. The van der Waals surface area contributed by atoms with Crippen molar-refractivity contribution in [1.82, 2.24) is 0 Å². The highest BCUT2D eigenvalue weighted by atomic mass is 16.2. The van der Waals surface area contributed by atoms with Gasteiger partial charge in [-0.05, 0) is 12.1 Å². The van der Waals surface area contributed by atoms with Crippen molar-refractivity contribution < 1.29 is 9.59 Å². The second kappa shape index (κ2) is 4.72. The molecule has 1 heterocycles. The Morgan fingerprint density at radius 2 is 1.40 bits per heavy atom. The Morgan fingerprint density at radius 1 is 0.933 bits per heavy atom. The number of rotatable bonds is 1. The topological polar surface area (TPSA) is 61.2 Å². The summed E-state index contributed by atoms with van der Waals surface area (Å²) in [6.45, 7) is 3.50. The van der Waals surface area contributed by atoms with E-state index in [0.717, 1.165) is 4.90 Å². The Labute approximate surface area is 87.0 Å². The zero-order valence-electron chi connectivity index (χ0n) is 7.83. The first kappa shape index (κ1) is 10.7. The van der Waals surface area contributed by atoms with Gasteiger partial charge in [0.15, 0.2) is 0 Å². The van der Waals surface area contributed by atoms with Crippen molar-refractivity contribution in [2.45, 2.75) is 0 Å². The van der Waals surface area contributed by atoms with Crippen molar-refractivity contribution in [3.63, 3.8) is 0 Å². The summed E-state index contributed by atoms with van der Waals surface area (Å²) >= 11 is 0. The molecule has 1 aliphatic heterocycles. The van der Waals surface area contributed by atoms with Crippen molar-refractivity contribution in [2.75, 3.05) is 4.90 Å². The molecule has 4 heteroatoms. The zero-order valence-corrected chi connectivity index (χ0v) is 7.83. The number of carbonyl (C=O) groups excluding carboxylic acids is 2. The third-order valence-electron chi connectivity index (χ3n) is 1.82. The Kier molecular flexibility index (Phi) is 3.36. The van der Waals surface area contributed by atoms with Crippen molar-refractivity contribution in [2.24, 2.45) is 0 Å². The maximum atomic E-state index is 11.2. The number of amides is 2. The standard InChI is InChI=1S/C10H7NO2.CHN/c12-9-6-7-10(13)11(9)8-4-2-1-3-5-8;1-2/h1-7H;1H. The highest BCUT2D eigenvalue weighted by Crippen LogP contribution is 2.17. The predicted molar refractivity (Wildman–Crippen MR) is 54.7 cm³/mol. The number of hydrogen-bond donors (Lipinski definition) is 0. The Hall–Kier alpha value is -2.41. The summed E-state index contributed by atoms with van der Waals surface area (Å²) in [5, 5.41) is 6.50. The van der Waals surface area contributed by atoms with E-state index in [2.05, 4.69) is 6.57 Å². The summed E-state index contributed by atoms with van der Waals surface area (Å²) in [5.41, 5.74) is 0.613. The number of imide groups is 1. The fraction of sp³-hybridized carbons (Fsp3) is 0. The summed E-state index contributed by atoms with van der Waals surface area (Å²) < 4.78 is 0. The van der Waals surface area contributed by atoms with Crippen molar-refractivity contribution in [3.05, 3.63) is 42.5 Å². The lowest BCUT2D eigenvalue weighted by molar-refractivity contribution is -0.119. The first-order valence-corrected chi connectivity index (χ1v) is 4.16. The molecule has 0 aromatic heterocycles. The van der Waals surface area contributed by atoms with Gasteiger partial charge in [0.05, 0.1) is 5.69 Å². The van der Waals surface area contributed by atoms with Gasteiger partial charge in [-0.3, -0.25) is 9.59 Å². The van der Waals surface area contributed by atoms with Crippen molar-refractivity contribution >= 4 is 17.5 Å². The maximum Gasteiger partial charge on any atom is 0.258 e. The van der Waals surface area contributed by atoms with E-state index in [1.165, 1.54) is 12.2 Å². The molecule has 74 valence electrons. The van der Waals surface area contributed by atoms with Gasteiger partial charge >= 0.3 is 0 Å². The van der Waals surface area contributed by atoms with Crippen LogP contribution in [-0.2, 0) is 9.59 Å². The van der Waals surface area contributed by atoms with Gasteiger partial charge in [0.25, 0.3) is 11.8 Å². The fourth-order valence-electron chi connectivity index (χ4n) is 1.23. The van der Waals surface area contributed by atoms with Gasteiger partial charge in [0.2, 0.25) is 0 Å². The molecule has 1 aromatic rings. The summed E-state index contributed by atoms with van der Waals surface area (Å²) in [4.78, 5) is 23.5. The quantitative estimate of drug-likeness (QED) is 0.641. The molecule has 0 bridgehead atoms. The molecule has 0 spiro atoms. The van der Waals surface area contributed by atoms with Gasteiger partial charge in [0, 0.05) is 18.7 Å². The lowest BCUT2D eigenvalue weighted by Crippen LogP contribution is -2.29. The van der Waals surface area contributed by atoms with Crippen LogP contribution in [0.5, 0.6) is 0 Å². The van der Waals surface area contributed by atoms with Crippen LogP contribution in [0.1, 0.15) is 0 Å². The van der Waals surface area contributed by atoms with Crippen LogP contribution in [0.3, 0.4) is 0 Å². The number of para-hydroxylation sites is 1. The fourth-order valence-corrected chi connectivity index (χ4v) is 1.23. The molecule has 4 nitrogen and oxygen atoms in total. The Morgan fingerprint density at radius 3 is 1.87 bits per heavy atom. The van der Waals surface area contributed by atoms with E-state index in [0.29, 0.717) is 5.69 Å². The average molecular weight is 200 g/mol. The summed E-state index contributed by atoms with van der Waals surface area (Å²) in [7, 11) is 0. The molecule has 0 unspecified atom stereocenters. The number of benzene rings is 1. The van der Waals surface area contributed by atoms with E-state index >= 15 is 0 Å². The molecule has 0 atom stereocenters. The van der Waals surface area contributed by atoms with Gasteiger partial charge in [-0.15, -0.1) is 0 Å². The monoisotopic (exact) mass is 200 g/mol. The molecular weight excluding hydrogens is 192 g/mol. The molecule has 2 rings (SSSR count). The Bertz CT molecular complexity index is 403. The molecule has 0 fully saturated rings. The predicted octanol–water partition coefficient (Wildman–Crippen LogP) is 1.26. The third-order valence-corrected chi connectivity index (χ3v) is 1.82. The minimum Gasteiger partial charge on any atom is -0.269 e. The normalized spacial score (nSPS) is 13.6. The van der Waals surface area contributed by atoms with Gasteiger partial charge in [-0.1, -0.05) is 18.2 Å². The second-order valence-electron chi connectivity index (χ2n) is 2.68. The average Bonchev–Trinajstić information content (AvgIpc) is 2.63. The highest BCUT2D eigenvalue weighted by molar-refractivity contribution is 6.28.